The molecule has 0 aromatic carbocycles. The van der Waals surface area contributed by atoms with Crippen molar-refractivity contribution >= 4 is 29.1 Å². The molecule has 0 unspecified atom stereocenters. The van der Waals surface area contributed by atoms with Crippen molar-refractivity contribution < 1.29 is 9.90 Å². The SMILES string of the molecule is [O]CNC(=O)C(Cl)Cl. The monoisotopic (exact) mass is 156 g/mol. The van der Waals surface area contributed by atoms with Crippen LogP contribution in [-0.4, -0.2) is 17.5 Å². The van der Waals surface area contributed by atoms with Crippen molar-refractivity contribution in [3.05, 3.63) is 0 Å². The topological polar surface area (TPSA) is 49.0 Å². The summed E-state index contributed by atoms with van der Waals surface area (Å²) < 4.78 is 0. The third kappa shape index (κ3) is 3.07. The molecule has 1 amide bonds. The smallest absolute Gasteiger partial charge is 0.255 e. The maximum Gasteiger partial charge on any atom is 0.255 e. The van der Waals surface area contributed by atoms with Gasteiger partial charge in [-0.3, -0.25) is 4.79 Å². The third-order valence-electron chi connectivity index (χ3n) is 0.445. The molecule has 0 heterocycles. The summed E-state index contributed by atoms with van der Waals surface area (Å²) >= 11 is 10.0. The van der Waals surface area contributed by atoms with Crippen molar-refractivity contribution in [2.24, 2.45) is 0 Å². The van der Waals surface area contributed by atoms with E-state index in [1.165, 1.54) is 0 Å². The molecular weight excluding hydrogens is 153 g/mol. The highest BCUT2D eigenvalue weighted by atomic mass is 35.5. The number of rotatable bonds is 2. The average molecular weight is 157 g/mol. The lowest BCUT2D eigenvalue weighted by Crippen LogP contribution is -2.28. The summed E-state index contributed by atoms with van der Waals surface area (Å²) in [5, 5.41) is 11.5. The molecule has 0 aromatic heterocycles. The van der Waals surface area contributed by atoms with Crippen molar-refractivity contribution in [2.75, 3.05) is 6.73 Å². The van der Waals surface area contributed by atoms with Crippen LogP contribution in [0.15, 0.2) is 0 Å². The lowest BCUT2D eigenvalue weighted by atomic mass is 10.7. The number of hydrogen-bond donors (Lipinski definition) is 1. The number of carbonyl (C=O) groups is 1. The van der Waals surface area contributed by atoms with E-state index in [0.717, 1.165) is 0 Å². The zero-order chi connectivity index (χ0) is 6.57. The van der Waals surface area contributed by atoms with Gasteiger partial charge in [0.05, 0.1) is 0 Å². The second-order valence-corrected chi connectivity index (χ2v) is 2.08. The zero-order valence-electron chi connectivity index (χ0n) is 3.86. The standard InChI is InChI=1S/C3H4Cl2NO2/c4-2(5)3(8)6-1-7/h2H,1H2,(H,6,8). The molecule has 0 aliphatic carbocycles. The Labute approximate surface area is 56.6 Å². The van der Waals surface area contributed by atoms with Crippen LogP contribution in [0.5, 0.6) is 0 Å². The summed E-state index contributed by atoms with van der Waals surface area (Å²) in [6.45, 7) is -0.686. The molecule has 1 radical (unpaired) electrons. The largest absolute Gasteiger partial charge is 0.328 e. The van der Waals surface area contributed by atoms with Crippen molar-refractivity contribution in [3.8, 4) is 0 Å². The minimum absolute atomic E-state index is 0.650. The molecule has 0 saturated carbocycles. The number of alkyl halides is 2. The third-order valence-corrected chi connectivity index (χ3v) is 0.841. The Morgan fingerprint density at radius 1 is 1.62 bits per heavy atom. The Hall–Kier alpha value is 0.01000. The van der Waals surface area contributed by atoms with E-state index in [1.807, 2.05) is 5.32 Å². The zero-order valence-corrected chi connectivity index (χ0v) is 5.37. The van der Waals surface area contributed by atoms with Gasteiger partial charge >= 0.3 is 0 Å². The molecule has 8 heavy (non-hydrogen) atoms. The van der Waals surface area contributed by atoms with Crippen LogP contribution in [0.4, 0.5) is 0 Å². The van der Waals surface area contributed by atoms with Crippen LogP contribution in [0.3, 0.4) is 0 Å². The summed E-state index contributed by atoms with van der Waals surface area (Å²) in [5.41, 5.74) is 0. The molecule has 0 rings (SSSR count). The number of nitrogens with one attached hydrogen (secondary N) is 1. The minimum Gasteiger partial charge on any atom is -0.328 e. The summed E-state index contributed by atoms with van der Waals surface area (Å²) in [5.74, 6) is -0.650. The van der Waals surface area contributed by atoms with Gasteiger partial charge in [-0.2, -0.15) is 0 Å². The summed E-state index contributed by atoms with van der Waals surface area (Å²) in [6.07, 6.45) is 0. The second kappa shape index (κ2) is 3.95. The number of halogens is 2. The highest BCUT2D eigenvalue weighted by molar-refractivity contribution is 6.53. The van der Waals surface area contributed by atoms with Crippen LogP contribution < -0.4 is 5.32 Å². The van der Waals surface area contributed by atoms with Gasteiger partial charge in [-0.25, -0.2) is 5.11 Å². The fraction of sp³-hybridized carbons (Fsp3) is 0.667. The molecule has 0 aliphatic heterocycles. The van der Waals surface area contributed by atoms with Crippen molar-refractivity contribution in [1.29, 1.82) is 0 Å². The molecular formula is C3H4Cl2NO2. The molecule has 0 bridgehead atoms. The van der Waals surface area contributed by atoms with Gasteiger partial charge in [0.25, 0.3) is 5.91 Å². The fourth-order valence-electron chi connectivity index (χ4n) is 0.148. The Morgan fingerprint density at radius 2 is 2.12 bits per heavy atom. The fourth-order valence-corrected chi connectivity index (χ4v) is 0.303. The van der Waals surface area contributed by atoms with Gasteiger partial charge < -0.3 is 5.32 Å². The number of amides is 1. The minimum atomic E-state index is -1.14. The van der Waals surface area contributed by atoms with E-state index in [1.54, 1.807) is 0 Å². The highest BCUT2D eigenvalue weighted by Gasteiger charge is 2.08. The Balaban J connectivity index is 3.33. The quantitative estimate of drug-likeness (QED) is 0.454. The van der Waals surface area contributed by atoms with Gasteiger partial charge in [0.2, 0.25) is 0 Å². The Kier molecular flexibility index (Phi) is 3.95. The average Bonchev–Trinajstić information content (AvgIpc) is 1.67. The molecule has 1 N–H and O–H groups in total. The van der Waals surface area contributed by atoms with Crippen LogP contribution >= 0.6 is 23.2 Å². The van der Waals surface area contributed by atoms with Gasteiger partial charge in [0, 0.05) is 0 Å². The molecule has 5 heteroatoms. The normalized spacial score (nSPS) is 9.50. The van der Waals surface area contributed by atoms with Gasteiger partial charge in [-0.15, -0.1) is 0 Å². The Morgan fingerprint density at radius 3 is 2.25 bits per heavy atom. The van der Waals surface area contributed by atoms with E-state index in [9.17, 15) is 9.90 Å². The lowest BCUT2D eigenvalue weighted by Gasteiger charge is -1.97. The van der Waals surface area contributed by atoms with Crippen LogP contribution in [0, 0.1) is 0 Å². The van der Waals surface area contributed by atoms with E-state index in [4.69, 9.17) is 23.2 Å². The van der Waals surface area contributed by atoms with Gasteiger partial charge in [0.15, 0.2) is 11.6 Å². The molecule has 3 nitrogen and oxygen atoms in total. The first-order chi connectivity index (χ1) is 3.68. The van der Waals surface area contributed by atoms with Crippen LogP contribution in [0.1, 0.15) is 0 Å². The predicted octanol–water partition coefficient (Wildman–Crippen LogP) is 0.294. The predicted molar refractivity (Wildman–Crippen MR) is 29.2 cm³/mol. The summed E-state index contributed by atoms with van der Waals surface area (Å²) in [7, 11) is 0. The second-order valence-electron chi connectivity index (χ2n) is 0.986. The van der Waals surface area contributed by atoms with Crippen LogP contribution in [0.25, 0.3) is 0 Å². The van der Waals surface area contributed by atoms with Crippen molar-refractivity contribution in [2.45, 2.75) is 4.84 Å². The van der Waals surface area contributed by atoms with Gasteiger partial charge in [-0.05, 0) is 0 Å². The highest BCUT2D eigenvalue weighted by Crippen LogP contribution is 1.99. The first-order valence-electron chi connectivity index (χ1n) is 1.82. The van der Waals surface area contributed by atoms with Crippen molar-refractivity contribution in [3.63, 3.8) is 0 Å². The van der Waals surface area contributed by atoms with Crippen LogP contribution in [0.2, 0.25) is 0 Å². The van der Waals surface area contributed by atoms with E-state index in [0.29, 0.717) is 0 Å². The maximum atomic E-state index is 10.2. The van der Waals surface area contributed by atoms with Crippen molar-refractivity contribution in [1.82, 2.24) is 5.32 Å². The maximum absolute atomic E-state index is 10.2. The molecule has 0 fully saturated rings. The molecule has 0 spiro atoms. The number of hydrogen-bond acceptors (Lipinski definition) is 1. The molecule has 0 atom stereocenters. The number of carbonyl (C=O) groups excluding carboxylic acids is 1. The first-order valence-corrected chi connectivity index (χ1v) is 2.69. The van der Waals surface area contributed by atoms with Gasteiger partial charge in [-0.1, -0.05) is 23.2 Å². The van der Waals surface area contributed by atoms with E-state index >= 15 is 0 Å². The van der Waals surface area contributed by atoms with E-state index in [2.05, 4.69) is 0 Å². The Bertz CT molecular complexity index is 85.4. The first kappa shape index (κ1) is 8.01. The molecule has 0 aromatic rings. The summed E-state index contributed by atoms with van der Waals surface area (Å²) in [4.78, 5) is 9.03. The molecule has 0 saturated heterocycles. The summed E-state index contributed by atoms with van der Waals surface area (Å²) in [6, 6.07) is 0. The molecule has 47 valence electrons. The van der Waals surface area contributed by atoms with E-state index in [-0.39, 0.29) is 0 Å². The van der Waals surface area contributed by atoms with Crippen LogP contribution in [-0.2, 0) is 9.90 Å². The van der Waals surface area contributed by atoms with Gasteiger partial charge in [0.1, 0.15) is 0 Å². The lowest BCUT2D eigenvalue weighted by molar-refractivity contribution is -0.121. The van der Waals surface area contributed by atoms with E-state index < -0.39 is 17.5 Å². The molecule has 0 aliphatic rings.